The Morgan fingerprint density at radius 3 is 2.33 bits per heavy atom. The fraction of sp³-hybridized carbons (Fsp3) is 0.267. The molecule has 6 nitrogen and oxygen atoms in total. The van der Waals surface area contributed by atoms with E-state index in [-0.39, 0.29) is 11.8 Å². The Morgan fingerprint density at radius 2 is 1.81 bits per heavy atom. The van der Waals surface area contributed by atoms with Gasteiger partial charge in [0.15, 0.2) is 5.82 Å². The molecule has 0 bridgehead atoms. The molecule has 0 fully saturated rings. The quantitative estimate of drug-likeness (QED) is 0.807. The lowest BCUT2D eigenvalue weighted by molar-refractivity contribution is -0.114. The van der Waals surface area contributed by atoms with Crippen molar-refractivity contribution in [3.8, 4) is 0 Å². The molecule has 0 aliphatic carbocycles. The van der Waals surface area contributed by atoms with Crippen molar-refractivity contribution in [1.29, 1.82) is 0 Å². The van der Waals surface area contributed by atoms with Crippen LogP contribution < -0.4 is 10.6 Å². The summed E-state index contributed by atoms with van der Waals surface area (Å²) >= 11 is 0. The van der Waals surface area contributed by atoms with Crippen LogP contribution in [0, 0.1) is 0 Å². The van der Waals surface area contributed by atoms with Crippen molar-refractivity contribution < 1.29 is 9.59 Å². The van der Waals surface area contributed by atoms with Gasteiger partial charge in [-0.3, -0.25) is 14.7 Å². The predicted molar refractivity (Wildman–Crippen MR) is 81.4 cm³/mol. The van der Waals surface area contributed by atoms with E-state index >= 15 is 0 Å². The van der Waals surface area contributed by atoms with Gasteiger partial charge in [-0.15, -0.1) is 0 Å². The predicted octanol–water partition coefficient (Wildman–Crippen LogP) is 2.74. The number of hydrogen-bond acceptors (Lipinski definition) is 3. The van der Waals surface area contributed by atoms with Gasteiger partial charge < -0.3 is 10.6 Å². The van der Waals surface area contributed by atoms with Gasteiger partial charge in [-0.2, -0.15) is 5.10 Å². The summed E-state index contributed by atoms with van der Waals surface area (Å²) in [7, 11) is 0. The summed E-state index contributed by atoms with van der Waals surface area (Å²) in [5.41, 5.74) is 2.12. The zero-order valence-corrected chi connectivity index (χ0v) is 12.2. The summed E-state index contributed by atoms with van der Waals surface area (Å²) in [6, 6.07) is 8.47. The summed E-state index contributed by atoms with van der Waals surface area (Å²) in [5.74, 6) is 0.422. The number of anilines is 2. The zero-order chi connectivity index (χ0) is 15.4. The van der Waals surface area contributed by atoms with Crippen LogP contribution in [-0.2, 0) is 4.79 Å². The fourth-order valence-electron chi connectivity index (χ4n) is 1.79. The minimum Gasteiger partial charge on any atom is -0.326 e. The maximum atomic E-state index is 12.1. The highest BCUT2D eigenvalue weighted by Crippen LogP contribution is 2.16. The number of carbonyl (C=O) groups is 2. The minimum atomic E-state index is -0.244. The highest BCUT2D eigenvalue weighted by Gasteiger charge is 2.10. The molecule has 0 radical (unpaired) electrons. The van der Waals surface area contributed by atoms with Gasteiger partial charge in [0.25, 0.3) is 5.91 Å². The lowest BCUT2D eigenvalue weighted by atomic mass is 10.1. The molecular weight excluding hydrogens is 268 g/mol. The van der Waals surface area contributed by atoms with Gasteiger partial charge in [0.2, 0.25) is 5.91 Å². The standard InChI is InChI=1S/C15H18N4O2/c1-9(2)13-8-14(19-18-13)17-15(21)11-4-6-12(7-5-11)16-10(3)20/h4-9H,1-3H3,(H,16,20)(H2,17,18,19,21). The van der Waals surface area contributed by atoms with Crippen LogP contribution in [0.2, 0.25) is 0 Å². The molecule has 0 saturated heterocycles. The van der Waals surface area contributed by atoms with Gasteiger partial charge in [0.1, 0.15) is 0 Å². The molecular formula is C15H18N4O2. The Kier molecular flexibility index (Phi) is 4.37. The van der Waals surface area contributed by atoms with E-state index in [2.05, 4.69) is 20.8 Å². The molecule has 0 aliphatic heterocycles. The highest BCUT2D eigenvalue weighted by atomic mass is 16.2. The van der Waals surface area contributed by atoms with Crippen LogP contribution in [0.4, 0.5) is 11.5 Å². The molecule has 21 heavy (non-hydrogen) atoms. The number of aromatic amines is 1. The molecule has 0 atom stereocenters. The fourth-order valence-corrected chi connectivity index (χ4v) is 1.79. The first-order chi connectivity index (χ1) is 9.95. The lowest BCUT2D eigenvalue weighted by Gasteiger charge is -2.04. The third-order valence-electron chi connectivity index (χ3n) is 2.93. The molecule has 1 aromatic heterocycles. The van der Waals surface area contributed by atoms with Crippen molar-refractivity contribution in [2.45, 2.75) is 26.7 Å². The highest BCUT2D eigenvalue weighted by molar-refractivity contribution is 6.04. The Hall–Kier alpha value is -2.63. The normalized spacial score (nSPS) is 10.5. The molecule has 0 spiro atoms. The second-order valence-electron chi connectivity index (χ2n) is 5.08. The molecule has 0 saturated carbocycles. The topological polar surface area (TPSA) is 86.9 Å². The number of nitrogens with zero attached hydrogens (tertiary/aromatic N) is 1. The van der Waals surface area contributed by atoms with Crippen molar-refractivity contribution in [1.82, 2.24) is 10.2 Å². The number of hydrogen-bond donors (Lipinski definition) is 3. The van der Waals surface area contributed by atoms with Gasteiger partial charge in [0, 0.05) is 29.9 Å². The smallest absolute Gasteiger partial charge is 0.256 e. The van der Waals surface area contributed by atoms with Crippen LogP contribution in [0.15, 0.2) is 30.3 Å². The third-order valence-corrected chi connectivity index (χ3v) is 2.93. The number of nitrogens with one attached hydrogen (secondary N) is 3. The largest absolute Gasteiger partial charge is 0.326 e. The first-order valence-corrected chi connectivity index (χ1v) is 6.70. The van der Waals surface area contributed by atoms with E-state index in [9.17, 15) is 9.59 Å². The van der Waals surface area contributed by atoms with Crippen LogP contribution in [0.1, 0.15) is 42.7 Å². The molecule has 2 aromatic rings. The van der Waals surface area contributed by atoms with Crippen molar-refractivity contribution >= 4 is 23.3 Å². The van der Waals surface area contributed by atoms with Gasteiger partial charge in [0.05, 0.1) is 0 Å². The minimum absolute atomic E-state index is 0.148. The van der Waals surface area contributed by atoms with Crippen LogP contribution in [0.25, 0.3) is 0 Å². The number of aromatic nitrogens is 2. The van der Waals surface area contributed by atoms with E-state index in [1.165, 1.54) is 6.92 Å². The Bertz CT molecular complexity index is 644. The molecule has 0 unspecified atom stereocenters. The average molecular weight is 286 g/mol. The molecule has 2 rings (SSSR count). The maximum absolute atomic E-state index is 12.1. The summed E-state index contributed by atoms with van der Waals surface area (Å²) in [4.78, 5) is 23.0. The summed E-state index contributed by atoms with van der Waals surface area (Å²) in [6.45, 7) is 5.52. The monoisotopic (exact) mass is 286 g/mol. The van der Waals surface area contributed by atoms with Crippen LogP contribution >= 0.6 is 0 Å². The first kappa shape index (κ1) is 14.8. The van der Waals surface area contributed by atoms with Crippen molar-refractivity contribution in [3.63, 3.8) is 0 Å². The van der Waals surface area contributed by atoms with E-state index in [0.717, 1.165) is 5.69 Å². The van der Waals surface area contributed by atoms with E-state index < -0.39 is 0 Å². The Labute approximate surface area is 122 Å². The molecule has 0 aliphatic rings. The summed E-state index contributed by atoms with van der Waals surface area (Å²) in [5, 5.41) is 12.3. The average Bonchev–Trinajstić information content (AvgIpc) is 2.87. The summed E-state index contributed by atoms with van der Waals surface area (Å²) < 4.78 is 0. The Morgan fingerprint density at radius 1 is 1.14 bits per heavy atom. The maximum Gasteiger partial charge on any atom is 0.256 e. The SMILES string of the molecule is CC(=O)Nc1ccc(C(=O)Nc2cc(C(C)C)[nH]n2)cc1. The number of benzene rings is 1. The van der Waals surface area contributed by atoms with E-state index in [4.69, 9.17) is 0 Å². The first-order valence-electron chi connectivity index (χ1n) is 6.70. The van der Waals surface area contributed by atoms with Crippen molar-refractivity contribution in [3.05, 3.63) is 41.6 Å². The van der Waals surface area contributed by atoms with E-state index in [1.54, 1.807) is 24.3 Å². The molecule has 3 N–H and O–H groups in total. The molecule has 2 amide bonds. The van der Waals surface area contributed by atoms with E-state index in [1.807, 2.05) is 19.9 Å². The summed E-state index contributed by atoms with van der Waals surface area (Å²) in [6.07, 6.45) is 0. The second kappa shape index (κ2) is 6.21. The third kappa shape index (κ3) is 3.92. The van der Waals surface area contributed by atoms with Gasteiger partial charge >= 0.3 is 0 Å². The molecule has 1 aromatic carbocycles. The Balaban J connectivity index is 2.04. The zero-order valence-electron chi connectivity index (χ0n) is 12.2. The number of rotatable bonds is 4. The second-order valence-corrected chi connectivity index (χ2v) is 5.08. The number of carbonyl (C=O) groups excluding carboxylic acids is 2. The van der Waals surface area contributed by atoms with Gasteiger partial charge in [-0.05, 0) is 30.2 Å². The number of H-pyrrole nitrogens is 1. The van der Waals surface area contributed by atoms with Crippen LogP contribution in [0.3, 0.4) is 0 Å². The van der Waals surface area contributed by atoms with Gasteiger partial charge in [-0.1, -0.05) is 13.8 Å². The lowest BCUT2D eigenvalue weighted by Crippen LogP contribution is -2.12. The molecule has 6 heteroatoms. The van der Waals surface area contributed by atoms with Crippen molar-refractivity contribution in [2.24, 2.45) is 0 Å². The molecule has 110 valence electrons. The van der Waals surface area contributed by atoms with Crippen LogP contribution in [-0.4, -0.2) is 22.0 Å². The van der Waals surface area contributed by atoms with Gasteiger partial charge in [-0.25, -0.2) is 0 Å². The van der Waals surface area contributed by atoms with E-state index in [0.29, 0.717) is 23.0 Å². The molecule has 1 heterocycles. The number of amides is 2. The van der Waals surface area contributed by atoms with Crippen LogP contribution in [0.5, 0.6) is 0 Å². The van der Waals surface area contributed by atoms with Crippen molar-refractivity contribution in [2.75, 3.05) is 10.6 Å².